The third-order valence-corrected chi connectivity index (χ3v) is 3.68. The zero-order chi connectivity index (χ0) is 18.9. The minimum Gasteiger partial charge on any atom is -0.481 e. The van der Waals surface area contributed by atoms with Gasteiger partial charge < -0.3 is 14.2 Å². The van der Waals surface area contributed by atoms with Gasteiger partial charge in [-0.2, -0.15) is 4.98 Å². The quantitative estimate of drug-likeness (QED) is 0.566. The van der Waals surface area contributed by atoms with Crippen LogP contribution in [0.4, 0.5) is 0 Å². The van der Waals surface area contributed by atoms with E-state index < -0.39 is 5.97 Å². The van der Waals surface area contributed by atoms with Crippen LogP contribution in [0, 0.1) is 0 Å². The molecule has 0 N–H and O–H groups in total. The van der Waals surface area contributed by atoms with Crippen molar-refractivity contribution in [2.75, 3.05) is 6.61 Å². The van der Waals surface area contributed by atoms with Crippen molar-refractivity contribution in [3.63, 3.8) is 0 Å². The molecule has 1 heterocycles. The molecule has 3 rings (SSSR count). The minimum atomic E-state index is -0.576. The van der Waals surface area contributed by atoms with E-state index in [1.54, 1.807) is 6.92 Å². The number of nitrogens with zero attached hydrogens (tertiary/aromatic N) is 2. The Balaban J connectivity index is 1.84. The molecule has 27 heavy (non-hydrogen) atoms. The molecule has 0 unspecified atom stereocenters. The Bertz CT molecular complexity index is 870. The lowest BCUT2D eigenvalue weighted by atomic mass is 10.2. The molecule has 0 spiro atoms. The van der Waals surface area contributed by atoms with Crippen LogP contribution in [0.1, 0.15) is 28.5 Å². The lowest BCUT2D eigenvalue weighted by molar-refractivity contribution is 0.0511. The molecule has 3 aromatic rings. The number of carbonyl (C=O) groups is 1. The Hall–Kier alpha value is -3.41. The summed E-state index contributed by atoms with van der Waals surface area (Å²) in [4.78, 5) is 20.4. The second-order valence-corrected chi connectivity index (χ2v) is 5.63. The third-order valence-electron chi connectivity index (χ3n) is 3.68. The molecular formula is C21H20N2O4. The van der Waals surface area contributed by atoms with Crippen molar-refractivity contribution in [1.82, 2.24) is 9.97 Å². The molecule has 1 aromatic heterocycles. The molecule has 0 fully saturated rings. The fraction of sp³-hybridized carbons (Fsp3) is 0.190. The second-order valence-electron chi connectivity index (χ2n) is 5.63. The largest absolute Gasteiger partial charge is 0.481 e. The Morgan fingerprint density at radius 3 is 2.04 bits per heavy atom. The highest BCUT2D eigenvalue weighted by molar-refractivity contribution is 5.90. The molecule has 0 saturated carbocycles. The zero-order valence-electron chi connectivity index (χ0n) is 15.0. The van der Waals surface area contributed by atoms with Crippen molar-refractivity contribution in [2.24, 2.45) is 0 Å². The molecule has 138 valence electrons. The van der Waals surface area contributed by atoms with Gasteiger partial charge in [-0.25, -0.2) is 9.78 Å². The fourth-order valence-corrected chi connectivity index (χ4v) is 2.39. The van der Waals surface area contributed by atoms with E-state index >= 15 is 0 Å². The molecule has 0 saturated heterocycles. The summed E-state index contributed by atoms with van der Waals surface area (Å²) in [7, 11) is 0. The summed E-state index contributed by atoms with van der Waals surface area (Å²) < 4.78 is 16.7. The van der Waals surface area contributed by atoms with E-state index in [-0.39, 0.29) is 30.5 Å². The number of hydrogen-bond acceptors (Lipinski definition) is 6. The monoisotopic (exact) mass is 364 g/mol. The van der Waals surface area contributed by atoms with Gasteiger partial charge in [0, 0.05) is 0 Å². The number of rotatable bonds is 8. The summed E-state index contributed by atoms with van der Waals surface area (Å²) in [6, 6.07) is 19.3. The number of benzene rings is 2. The highest BCUT2D eigenvalue weighted by atomic mass is 16.5. The normalized spacial score (nSPS) is 10.3. The molecule has 0 radical (unpaired) electrons. The van der Waals surface area contributed by atoms with Crippen LogP contribution in [-0.4, -0.2) is 22.5 Å². The van der Waals surface area contributed by atoms with E-state index in [0.717, 1.165) is 11.1 Å². The molecule has 6 nitrogen and oxygen atoms in total. The summed E-state index contributed by atoms with van der Waals surface area (Å²) in [5.41, 5.74) is 1.97. The van der Waals surface area contributed by atoms with Crippen LogP contribution in [0.3, 0.4) is 0 Å². The average molecular weight is 364 g/mol. The summed E-state index contributed by atoms with van der Waals surface area (Å²) >= 11 is 0. The van der Waals surface area contributed by atoms with Gasteiger partial charge in [-0.3, -0.25) is 0 Å². The standard InChI is InChI=1S/C21H20N2O4/c1-2-25-21(24)18-19(26-13-16-9-5-3-6-10-16)20(23-15-22-18)27-14-17-11-7-4-8-12-17/h3-12,15H,2,13-14H2,1H3. The predicted molar refractivity (Wildman–Crippen MR) is 99.5 cm³/mol. The van der Waals surface area contributed by atoms with Crippen LogP contribution < -0.4 is 9.47 Å². The van der Waals surface area contributed by atoms with Gasteiger partial charge in [-0.15, -0.1) is 0 Å². The van der Waals surface area contributed by atoms with Crippen molar-refractivity contribution in [1.29, 1.82) is 0 Å². The topological polar surface area (TPSA) is 70.5 Å². The van der Waals surface area contributed by atoms with Gasteiger partial charge in [0.2, 0.25) is 5.75 Å². The maximum Gasteiger partial charge on any atom is 0.361 e. The van der Waals surface area contributed by atoms with Crippen molar-refractivity contribution >= 4 is 5.97 Å². The first-order valence-corrected chi connectivity index (χ1v) is 8.63. The van der Waals surface area contributed by atoms with Crippen molar-refractivity contribution in [3.8, 4) is 11.6 Å². The van der Waals surface area contributed by atoms with Crippen LogP contribution in [0.25, 0.3) is 0 Å². The van der Waals surface area contributed by atoms with Gasteiger partial charge in [0.25, 0.3) is 5.88 Å². The first kappa shape index (κ1) is 18.4. The van der Waals surface area contributed by atoms with Gasteiger partial charge in [0.1, 0.15) is 19.5 Å². The Morgan fingerprint density at radius 1 is 0.852 bits per heavy atom. The molecule has 2 aromatic carbocycles. The Morgan fingerprint density at radius 2 is 1.44 bits per heavy atom. The summed E-state index contributed by atoms with van der Waals surface area (Å²) in [6.07, 6.45) is 1.27. The van der Waals surface area contributed by atoms with E-state index in [1.165, 1.54) is 6.33 Å². The molecule has 6 heteroatoms. The van der Waals surface area contributed by atoms with E-state index in [2.05, 4.69) is 9.97 Å². The number of ether oxygens (including phenoxy) is 3. The van der Waals surface area contributed by atoms with Crippen LogP contribution in [0.2, 0.25) is 0 Å². The van der Waals surface area contributed by atoms with E-state index in [9.17, 15) is 4.79 Å². The predicted octanol–water partition coefficient (Wildman–Crippen LogP) is 3.81. The van der Waals surface area contributed by atoms with Crippen LogP contribution in [-0.2, 0) is 18.0 Å². The summed E-state index contributed by atoms with van der Waals surface area (Å²) in [6.45, 7) is 2.52. The summed E-state index contributed by atoms with van der Waals surface area (Å²) in [5, 5.41) is 0. The van der Waals surface area contributed by atoms with Crippen molar-refractivity contribution in [2.45, 2.75) is 20.1 Å². The maximum absolute atomic E-state index is 12.3. The number of esters is 1. The van der Waals surface area contributed by atoms with Gasteiger partial charge in [-0.1, -0.05) is 60.7 Å². The molecule has 0 bridgehead atoms. The van der Waals surface area contributed by atoms with Crippen molar-refractivity contribution in [3.05, 3.63) is 83.8 Å². The SMILES string of the molecule is CCOC(=O)c1ncnc(OCc2ccccc2)c1OCc1ccccc1. The van der Waals surface area contributed by atoms with Crippen molar-refractivity contribution < 1.29 is 19.0 Å². The van der Waals surface area contributed by atoms with Crippen LogP contribution >= 0.6 is 0 Å². The molecule has 0 atom stereocenters. The van der Waals surface area contributed by atoms with Gasteiger partial charge >= 0.3 is 5.97 Å². The highest BCUT2D eigenvalue weighted by Crippen LogP contribution is 2.29. The Labute approximate surface area is 157 Å². The smallest absolute Gasteiger partial charge is 0.361 e. The first-order valence-electron chi connectivity index (χ1n) is 8.63. The number of carbonyl (C=O) groups excluding carboxylic acids is 1. The first-order chi connectivity index (χ1) is 13.3. The molecule has 0 aliphatic rings. The van der Waals surface area contributed by atoms with Gasteiger partial charge in [-0.05, 0) is 18.1 Å². The average Bonchev–Trinajstić information content (AvgIpc) is 2.72. The molecule has 0 aliphatic heterocycles. The second kappa shape index (κ2) is 9.33. The van der Waals surface area contributed by atoms with E-state index in [0.29, 0.717) is 6.61 Å². The molecule has 0 aliphatic carbocycles. The summed E-state index contributed by atoms with van der Waals surface area (Å²) in [5.74, 6) is -0.198. The van der Waals surface area contributed by atoms with Crippen LogP contribution in [0.5, 0.6) is 11.6 Å². The minimum absolute atomic E-state index is 0.0471. The highest BCUT2D eigenvalue weighted by Gasteiger charge is 2.22. The fourth-order valence-electron chi connectivity index (χ4n) is 2.39. The van der Waals surface area contributed by atoms with Gasteiger partial charge in [0.05, 0.1) is 6.61 Å². The lowest BCUT2D eigenvalue weighted by Crippen LogP contribution is -2.12. The lowest BCUT2D eigenvalue weighted by Gasteiger charge is -2.14. The van der Waals surface area contributed by atoms with E-state index in [1.807, 2.05) is 60.7 Å². The maximum atomic E-state index is 12.3. The molecular weight excluding hydrogens is 344 g/mol. The number of hydrogen-bond donors (Lipinski definition) is 0. The van der Waals surface area contributed by atoms with Crippen LogP contribution in [0.15, 0.2) is 67.0 Å². The van der Waals surface area contributed by atoms with Gasteiger partial charge in [0.15, 0.2) is 5.69 Å². The third kappa shape index (κ3) is 5.04. The van der Waals surface area contributed by atoms with E-state index in [4.69, 9.17) is 14.2 Å². The number of aromatic nitrogens is 2. The molecule has 0 amide bonds. The zero-order valence-corrected chi connectivity index (χ0v) is 15.0. The Kier molecular flexibility index (Phi) is 6.35.